The Morgan fingerprint density at radius 3 is 2.39 bits per heavy atom. The summed E-state index contributed by atoms with van der Waals surface area (Å²) in [5.41, 5.74) is 5.07. The molecule has 1 heterocycles. The SMILES string of the molecule is COc1ccc([C@H]2CCN(Cc3cccc(OC)c3OC)c3c(C)cccc3S2)cc1. The summed E-state index contributed by atoms with van der Waals surface area (Å²) in [5.74, 6) is 2.47. The normalized spacial score (nSPS) is 15.7. The third-order valence-electron chi connectivity index (χ3n) is 5.78. The van der Waals surface area contributed by atoms with Crippen molar-refractivity contribution in [3.63, 3.8) is 0 Å². The third kappa shape index (κ3) is 4.47. The maximum Gasteiger partial charge on any atom is 0.165 e. The van der Waals surface area contributed by atoms with Crippen LogP contribution in [-0.4, -0.2) is 27.9 Å². The zero-order valence-corrected chi connectivity index (χ0v) is 19.4. The number of hydrogen-bond acceptors (Lipinski definition) is 5. The Morgan fingerprint density at radius 1 is 0.903 bits per heavy atom. The molecule has 0 N–H and O–H groups in total. The highest BCUT2D eigenvalue weighted by molar-refractivity contribution is 7.99. The highest BCUT2D eigenvalue weighted by Gasteiger charge is 2.25. The molecule has 0 spiro atoms. The molecule has 31 heavy (non-hydrogen) atoms. The molecule has 1 atom stereocenters. The largest absolute Gasteiger partial charge is 0.497 e. The highest BCUT2D eigenvalue weighted by atomic mass is 32.2. The van der Waals surface area contributed by atoms with E-state index in [1.807, 2.05) is 23.9 Å². The molecule has 1 aliphatic heterocycles. The van der Waals surface area contributed by atoms with E-state index in [0.29, 0.717) is 5.25 Å². The summed E-state index contributed by atoms with van der Waals surface area (Å²) in [6, 6.07) is 21.2. The van der Waals surface area contributed by atoms with Crippen molar-refractivity contribution in [3.05, 3.63) is 77.4 Å². The first-order chi connectivity index (χ1) is 15.1. The van der Waals surface area contributed by atoms with Gasteiger partial charge in [0, 0.05) is 28.8 Å². The third-order valence-corrected chi connectivity index (χ3v) is 7.16. The number of benzene rings is 3. The van der Waals surface area contributed by atoms with Crippen LogP contribution in [-0.2, 0) is 6.54 Å². The molecule has 0 amide bonds. The lowest BCUT2D eigenvalue weighted by Gasteiger charge is -2.27. The number of methoxy groups -OCH3 is 3. The van der Waals surface area contributed by atoms with E-state index in [1.165, 1.54) is 21.7 Å². The van der Waals surface area contributed by atoms with Crippen LogP contribution < -0.4 is 19.1 Å². The van der Waals surface area contributed by atoms with Crippen LogP contribution >= 0.6 is 11.8 Å². The maximum atomic E-state index is 5.70. The monoisotopic (exact) mass is 435 g/mol. The number of anilines is 1. The van der Waals surface area contributed by atoms with Gasteiger partial charge in [-0.25, -0.2) is 0 Å². The topological polar surface area (TPSA) is 30.9 Å². The zero-order chi connectivity index (χ0) is 21.8. The van der Waals surface area contributed by atoms with Crippen LogP contribution in [0, 0.1) is 6.92 Å². The van der Waals surface area contributed by atoms with Crippen LogP contribution in [0.1, 0.15) is 28.4 Å². The van der Waals surface area contributed by atoms with E-state index in [4.69, 9.17) is 14.2 Å². The van der Waals surface area contributed by atoms with E-state index in [0.717, 1.165) is 42.3 Å². The van der Waals surface area contributed by atoms with Gasteiger partial charge in [0.1, 0.15) is 5.75 Å². The number of fused-ring (bicyclic) bond motifs is 1. The molecular formula is C26H29NO3S. The summed E-state index contributed by atoms with van der Waals surface area (Å²) < 4.78 is 16.6. The first kappa shape index (κ1) is 21.4. The van der Waals surface area contributed by atoms with Crippen LogP contribution in [0.3, 0.4) is 0 Å². The molecule has 0 aliphatic carbocycles. The minimum atomic E-state index is 0.392. The summed E-state index contributed by atoms with van der Waals surface area (Å²) in [6.07, 6.45) is 1.05. The molecule has 3 aromatic rings. The van der Waals surface area contributed by atoms with Crippen molar-refractivity contribution in [2.75, 3.05) is 32.8 Å². The van der Waals surface area contributed by atoms with Crippen LogP contribution in [0.2, 0.25) is 0 Å². The predicted molar refractivity (Wildman–Crippen MR) is 128 cm³/mol. The van der Waals surface area contributed by atoms with Gasteiger partial charge in [-0.3, -0.25) is 0 Å². The Labute approximate surface area is 189 Å². The number of nitrogens with zero attached hydrogens (tertiary/aromatic N) is 1. The molecule has 3 aromatic carbocycles. The van der Waals surface area contributed by atoms with E-state index in [2.05, 4.69) is 60.4 Å². The second-order valence-corrected chi connectivity index (χ2v) is 8.91. The second-order valence-electron chi connectivity index (χ2n) is 7.66. The molecule has 4 rings (SSSR count). The molecule has 0 radical (unpaired) electrons. The van der Waals surface area contributed by atoms with E-state index in [1.54, 1.807) is 21.3 Å². The standard InChI is InChI=1S/C26H29NO3S/c1-18-7-5-10-24-25(18)27(17-20-8-6-9-22(29-3)26(20)30-4)16-15-23(31-24)19-11-13-21(28-2)14-12-19/h5-14,23H,15-17H2,1-4H3/t23-/m1/s1. The quantitative estimate of drug-likeness (QED) is 0.456. The molecule has 0 fully saturated rings. The van der Waals surface area contributed by atoms with Gasteiger partial charge in [-0.1, -0.05) is 36.4 Å². The Hall–Kier alpha value is -2.79. The Bertz CT molecular complexity index is 1040. The smallest absolute Gasteiger partial charge is 0.165 e. The number of para-hydroxylation sites is 2. The minimum Gasteiger partial charge on any atom is -0.497 e. The van der Waals surface area contributed by atoms with Crippen molar-refractivity contribution < 1.29 is 14.2 Å². The Kier molecular flexibility index (Phi) is 6.62. The molecule has 0 saturated heterocycles. The van der Waals surface area contributed by atoms with E-state index >= 15 is 0 Å². The fraction of sp³-hybridized carbons (Fsp3) is 0.308. The number of hydrogen-bond donors (Lipinski definition) is 0. The number of ether oxygens (including phenoxy) is 3. The number of rotatable bonds is 6. The first-order valence-corrected chi connectivity index (χ1v) is 11.4. The van der Waals surface area contributed by atoms with Gasteiger partial charge in [-0.15, -0.1) is 11.8 Å². The summed E-state index contributed by atoms with van der Waals surface area (Å²) >= 11 is 1.95. The molecular weight excluding hydrogens is 406 g/mol. The lowest BCUT2D eigenvalue weighted by atomic mass is 10.1. The second kappa shape index (κ2) is 9.56. The van der Waals surface area contributed by atoms with Crippen LogP contribution in [0.4, 0.5) is 5.69 Å². The predicted octanol–water partition coefficient (Wildman–Crippen LogP) is 6.26. The van der Waals surface area contributed by atoms with E-state index in [9.17, 15) is 0 Å². The molecule has 5 heteroatoms. The average Bonchev–Trinajstić information content (AvgIpc) is 2.99. The van der Waals surface area contributed by atoms with Crippen molar-refractivity contribution in [2.45, 2.75) is 30.0 Å². The summed E-state index contributed by atoms with van der Waals surface area (Å²) in [4.78, 5) is 3.80. The fourth-order valence-corrected chi connectivity index (χ4v) is 5.61. The van der Waals surface area contributed by atoms with E-state index < -0.39 is 0 Å². The zero-order valence-electron chi connectivity index (χ0n) is 18.6. The lowest BCUT2D eigenvalue weighted by molar-refractivity contribution is 0.351. The van der Waals surface area contributed by atoms with Crippen molar-refractivity contribution in [1.82, 2.24) is 0 Å². The summed E-state index contributed by atoms with van der Waals surface area (Å²) in [5, 5.41) is 0.392. The van der Waals surface area contributed by atoms with Gasteiger partial charge in [-0.2, -0.15) is 0 Å². The average molecular weight is 436 g/mol. The van der Waals surface area contributed by atoms with Crippen molar-refractivity contribution in [2.24, 2.45) is 0 Å². The van der Waals surface area contributed by atoms with Gasteiger partial charge in [0.15, 0.2) is 11.5 Å². The molecule has 162 valence electrons. The van der Waals surface area contributed by atoms with Crippen LogP contribution in [0.15, 0.2) is 65.6 Å². The molecule has 0 bridgehead atoms. The van der Waals surface area contributed by atoms with Crippen molar-refractivity contribution >= 4 is 17.4 Å². The van der Waals surface area contributed by atoms with Gasteiger partial charge in [0.2, 0.25) is 0 Å². The molecule has 0 saturated carbocycles. The highest BCUT2D eigenvalue weighted by Crippen LogP contribution is 2.47. The number of aryl methyl sites for hydroxylation is 1. The Morgan fingerprint density at radius 2 is 1.68 bits per heavy atom. The minimum absolute atomic E-state index is 0.392. The lowest BCUT2D eigenvalue weighted by Crippen LogP contribution is -2.25. The van der Waals surface area contributed by atoms with E-state index in [-0.39, 0.29) is 0 Å². The number of thioether (sulfide) groups is 1. The van der Waals surface area contributed by atoms with Crippen molar-refractivity contribution in [1.29, 1.82) is 0 Å². The van der Waals surface area contributed by atoms with Crippen LogP contribution in [0.5, 0.6) is 17.2 Å². The summed E-state index contributed by atoms with van der Waals surface area (Å²) in [6.45, 7) is 3.93. The van der Waals surface area contributed by atoms with Crippen LogP contribution in [0.25, 0.3) is 0 Å². The van der Waals surface area contributed by atoms with Gasteiger partial charge >= 0.3 is 0 Å². The van der Waals surface area contributed by atoms with Gasteiger partial charge in [0.25, 0.3) is 0 Å². The fourth-order valence-electron chi connectivity index (χ4n) is 4.22. The van der Waals surface area contributed by atoms with Gasteiger partial charge in [0.05, 0.1) is 27.0 Å². The molecule has 1 aliphatic rings. The Balaban J connectivity index is 1.68. The maximum absolute atomic E-state index is 5.70. The van der Waals surface area contributed by atoms with Gasteiger partial charge in [-0.05, 0) is 48.7 Å². The first-order valence-electron chi connectivity index (χ1n) is 10.5. The van der Waals surface area contributed by atoms with Crippen molar-refractivity contribution in [3.8, 4) is 17.2 Å². The summed E-state index contributed by atoms with van der Waals surface area (Å²) in [7, 11) is 5.10. The van der Waals surface area contributed by atoms with Gasteiger partial charge < -0.3 is 19.1 Å². The molecule has 0 aromatic heterocycles. The molecule has 0 unspecified atom stereocenters. The molecule has 4 nitrogen and oxygen atoms in total.